The Morgan fingerprint density at radius 1 is 1.26 bits per heavy atom. The molecule has 1 N–H and O–H groups in total. The van der Waals surface area contributed by atoms with Gasteiger partial charge in [0.2, 0.25) is 0 Å². The van der Waals surface area contributed by atoms with Gasteiger partial charge in [-0.15, -0.1) is 0 Å². The second-order valence-corrected chi connectivity index (χ2v) is 3.91. The molecule has 0 heterocycles. The van der Waals surface area contributed by atoms with Crippen LogP contribution in [0.4, 0.5) is 4.39 Å². The molecule has 3 heteroatoms. The zero-order valence-electron chi connectivity index (χ0n) is 12.7. The van der Waals surface area contributed by atoms with Crippen molar-refractivity contribution in [2.75, 3.05) is 6.54 Å². The molecule has 0 fully saturated rings. The van der Waals surface area contributed by atoms with Crippen LogP contribution in [0.5, 0.6) is 0 Å². The lowest BCUT2D eigenvalue weighted by atomic mass is 10.2. The van der Waals surface area contributed by atoms with E-state index in [-0.39, 0.29) is 11.6 Å². The zero-order valence-corrected chi connectivity index (χ0v) is 12.7. The first-order valence-electron chi connectivity index (χ1n) is 6.53. The van der Waals surface area contributed by atoms with Crippen LogP contribution >= 0.6 is 0 Å². The topological polar surface area (TPSA) is 29.1 Å². The Labute approximate surface area is 116 Å². The van der Waals surface area contributed by atoms with Gasteiger partial charge in [0.1, 0.15) is 11.6 Å². The van der Waals surface area contributed by atoms with Gasteiger partial charge in [0.05, 0.1) is 0 Å². The summed E-state index contributed by atoms with van der Waals surface area (Å²) in [7, 11) is 0. The van der Waals surface area contributed by atoms with Gasteiger partial charge in [-0.05, 0) is 32.4 Å². The highest BCUT2D eigenvalue weighted by Crippen LogP contribution is 2.01. The lowest BCUT2D eigenvalue weighted by Crippen LogP contribution is -2.13. The Bertz CT molecular complexity index is 340. The first kappa shape index (κ1) is 19.7. The molecule has 2 nitrogen and oxygen atoms in total. The molecular weight excluding hydrogens is 241 g/mol. The van der Waals surface area contributed by atoms with Crippen molar-refractivity contribution >= 4 is 5.78 Å². The minimum absolute atomic E-state index is 0.132. The van der Waals surface area contributed by atoms with E-state index in [9.17, 15) is 9.18 Å². The largest absolute Gasteiger partial charge is 0.389 e. The van der Waals surface area contributed by atoms with Crippen molar-refractivity contribution in [3.63, 3.8) is 0 Å². The molecule has 0 atom stereocenters. The highest BCUT2D eigenvalue weighted by atomic mass is 19.1. The predicted molar refractivity (Wildman–Crippen MR) is 80.6 cm³/mol. The predicted octanol–water partition coefficient (Wildman–Crippen LogP) is 4.25. The molecule has 1 aromatic rings. The minimum Gasteiger partial charge on any atom is -0.389 e. The Balaban J connectivity index is 0. The average molecular weight is 267 g/mol. The molecule has 0 saturated heterocycles. The van der Waals surface area contributed by atoms with Crippen molar-refractivity contribution < 1.29 is 9.18 Å². The van der Waals surface area contributed by atoms with Crippen molar-refractivity contribution in [2.45, 2.75) is 41.0 Å². The van der Waals surface area contributed by atoms with E-state index >= 15 is 0 Å². The Morgan fingerprint density at radius 2 is 1.79 bits per heavy atom. The lowest BCUT2D eigenvalue weighted by molar-refractivity contribution is -0.116. The van der Waals surface area contributed by atoms with E-state index in [2.05, 4.69) is 11.9 Å². The van der Waals surface area contributed by atoms with Crippen LogP contribution in [0.25, 0.3) is 0 Å². The Hall–Kier alpha value is -1.64. The number of Topliss-reactive ketones (excluding diaryl/α,β-unsaturated/α-hetero) is 1. The maximum absolute atomic E-state index is 12.3. The van der Waals surface area contributed by atoms with Crippen molar-refractivity contribution in [3.8, 4) is 0 Å². The molecule has 0 saturated carbocycles. The molecule has 0 aliphatic rings. The molecule has 0 spiro atoms. The number of hydrogen-bond acceptors (Lipinski definition) is 2. The number of allylic oxidation sites excluding steroid dienone is 1. The quantitative estimate of drug-likeness (QED) is 0.883. The zero-order chi connectivity index (χ0) is 15.3. The van der Waals surface area contributed by atoms with E-state index < -0.39 is 0 Å². The molecule has 0 aliphatic heterocycles. The molecule has 1 aromatic carbocycles. The van der Waals surface area contributed by atoms with Crippen LogP contribution in [0.2, 0.25) is 0 Å². The van der Waals surface area contributed by atoms with Gasteiger partial charge in [-0.25, -0.2) is 4.39 Å². The van der Waals surface area contributed by atoms with Crippen LogP contribution in [0.15, 0.2) is 36.5 Å². The number of carbonyl (C=O) groups excluding carboxylic acids is 1. The monoisotopic (exact) mass is 267 g/mol. The average Bonchev–Trinajstić information content (AvgIpc) is 2.35. The van der Waals surface area contributed by atoms with E-state index in [0.717, 1.165) is 5.70 Å². The molecule has 0 radical (unpaired) electrons. The van der Waals surface area contributed by atoms with Crippen molar-refractivity contribution in [2.24, 2.45) is 0 Å². The third-order valence-corrected chi connectivity index (χ3v) is 1.98. The van der Waals surface area contributed by atoms with E-state index in [1.165, 1.54) is 6.07 Å². The summed E-state index contributed by atoms with van der Waals surface area (Å²) in [5.41, 5.74) is 1.61. The van der Waals surface area contributed by atoms with Crippen LogP contribution in [-0.2, 0) is 4.79 Å². The van der Waals surface area contributed by atoms with E-state index in [4.69, 9.17) is 0 Å². The maximum atomic E-state index is 12.3. The molecule has 19 heavy (non-hydrogen) atoms. The maximum Gasteiger partial charge on any atom is 0.131 e. The van der Waals surface area contributed by atoms with Gasteiger partial charge in [-0.3, -0.25) is 4.79 Å². The van der Waals surface area contributed by atoms with Crippen LogP contribution in [0, 0.1) is 12.7 Å². The number of aryl methyl sites for hydroxylation is 1. The highest BCUT2D eigenvalue weighted by Gasteiger charge is 1.90. The smallest absolute Gasteiger partial charge is 0.131 e. The van der Waals surface area contributed by atoms with E-state index in [1.807, 2.05) is 26.8 Å². The second kappa shape index (κ2) is 12.8. The number of rotatable bonds is 4. The Morgan fingerprint density at radius 3 is 2.11 bits per heavy atom. The third-order valence-electron chi connectivity index (χ3n) is 1.98. The van der Waals surface area contributed by atoms with Gasteiger partial charge in [-0.1, -0.05) is 38.6 Å². The fraction of sp³-hybridized carbons (Fsp3) is 0.438. The van der Waals surface area contributed by atoms with Crippen molar-refractivity contribution in [1.82, 2.24) is 5.32 Å². The highest BCUT2D eigenvalue weighted by molar-refractivity contribution is 5.75. The van der Waals surface area contributed by atoms with Crippen LogP contribution in [0.1, 0.15) is 39.7 Å². The summed E-state index contributed by atoms with van der Waals surface area (Å²) in [6.45, 7) is 13.5. The minimum atomic E-state index is -0.132. The van der Waals surface area contributed by atoms with Crippen molar-refractivity contribution in [1.29, 1.82) is 0 Å². The number of carbonyl (C=O) groups is 1. The van der Waals surface area contributed by atoms with E-state index in [0.29, 0.717) is 18.5 Å². The summed E-state index contributed by atoms with van der Waals surface area (Å²) < 4.78 is 12.3. The molecular formula is C16H26FNO. The number of hydrogen-bond donors (Lipinski definition) is 1. The fourth-order valence-electron chi connectivity index (χ4n) is 1.00. The molecule has 0 aromatic heterocycles. The van der Waals surface area contributed by atoms with Crippen LogP contribution in [-0.4, -0.2) is 12.3 Å². The summed E-state index contributed by atoms with van der Waals surface area (Å²) in [5.74, 6) is 0.0799. The number of benzene rings is 1. The molecule has 108 valence electrons. The first-order chi connectivity index (χ1) is 8.93. The number of ketones is 1. The summed E-state index contributed by atoms with van der Waals surface area (Å²) in [5, 5.41) is 2.96. The van der Waals surface area contributed by atoms with Gasteiger partial charge >= 0.3 is 0 Å². The molecule has 0 amide bonds. The second-order valence-electron chi connectivity index (χ2n) is 3.91. The molecule has 0 aliphatic carbocycles. The normalized spacial score (nSPS) is 8.32. The van der Waals surface area contributed by atoms with Gasteiger partial charge in [0.25, 0.3) is 0 Å². The SMILES string of the molecule is C=C(C)NCCC(C)=O.CC.Cc1ccccc1F. The van der Waals surface area contributed by atoms with E-state index in [1.54, 1.807) is 26.0 Å². The van der Waals surface area contributed by atoms with Crippen LogP contribution in [0.3, 0.4) is 0 Å². The summed E-state index contributed by atoms with van der Waals surface area (Å²) in [6, 6.07) is 6.70. The summed E-state index contributed by atoms with van der Waals surface area (Å²) in [6.07, 6.45) is 0.590. The molecule has 0 bridgehead atoms. The Kier molecular flexibility index (Phi) is 13.3. The number of halogens is 1. The lowest BCUT2D eigenvalue weighted by Gasteiger charge is -2.00. The summed E-state index contributed by atoms with van der Waals surface area (Å²) in [4.78, 5) is 10.4. The van der Waals surface area contributed by atoms with Gasteiger partial charge in [0, 0.05) is 18.7 Å². The molecule has 1 rings (SSSR count). The van der Waals surface area contributed by atoms with Gasteiger partial charge in [-0.2, -0.15) is 0 Å². The van der Waals surface area contributed by atoms with Crippen molar-refractivity contribution in [3.05, 3.63) is 47.9 Å². The first-order valence-corrected chi connectivity index (χ1v) is 6.53. The standard InChI is InChI=1S/C7H7F.C7H13NO.C2H6/c1-6-4-2-3-5-7(6)8;1-6(2)8-5-4-7(3)9;1-2/h2-5H,1H3;8H,1,4-5H2,2-3H3;1-2H3. The van der Waals surface area contributed by atoms with Gasteiger partial charge < -0.3 is 5.32 Å². The number of nitrogens with one attached hydrogen (secondary N) is 1. The summed E-state index contributed by atoms with van der Waals surface area (Å²) >= 11 is 0. The third kappa shape index (κ3) is 14.3. The van der Waals surface area contributed by atoms with Crippen LogP contribution < -0.4 is 5.32 Å². The fourth-order valence-corrected chi connectivity index (χ4v) is 1.00. The molecule has 0 unspecified atom stereocenters. The van der Waals surface area contributed by atoms with Gasteiger partial charge in [0.15, 0.2) is 0 Å².